The maximum Gasteiger partial charge on any atom is 0.0667 e. The highest BCUT2D eigenvalue weighted by Crippen LogP contribution is 2.20. The van der Waals surface area contributed by atoms with Crippen LogP contribution < -0.4 is 10.6 Å². The zero-order valence-corrected chi connectivity index (χ0v) is 10.7. The summed E-state index contributed by atoms with van der Waals surface area (Å²) in [6.45, 7) is 4.00. The second kappa shape index (κ2) is 6.03. The minimum absolute atomic E-state index is 0.278. The Hall–Kier alpha value is -1.06. The number of methoxy groups -OCH3 is 1. The molecule has 0 aromatic heterocycles. The fraction of sp³-hybridized carbons (Fsp3) is 0.571. The molecular formula is C14H22N2O. The lowest BCUT2D eigenvalue weighted by molar-refractivity contribution is 0.114. The summed E-state index contributed by atoms with van der Waals surface area (Å²) in [7, 11) is 1.76. The molecule has 17 heavy (non-hydrogen) atoms. The van der Waals surface area contributed by atoms with Crippen molar-refractivity contribution in [3.63, 3.8) is 0 Å². The van der Waals surface area contributed by atoms with E-state index in [1.165, 1.54) is 17.7 Å². The average Bonchev–Trinajstić information content (AvgIpc) is 2.58. The Bertz CT molecular complexity index is 327. The summed E-state index contributed by atoms with van der Waals surface area (Å²) in [6, 6.07) is 9.10. The molecule has 0 bridgehead atoms. The number of benzene rings is 1. The molecule has 2 rings (SSSR count). The third kappa shape index (κ3) is 3.45. The van der Waals surface area contributed by atoms with Crippen LogP contribution in [0.1, 0.15) is 18.9 Å². The van der Waals surface area contributed by atoms with Gasteiger partial charge in [0.05, 0.1) is 6.10 Å². The van der Waals surface area contributed by atoms with Gasteiger partial charge in [-0.15, -0.1) is 0 Å². The molecule has 0 fully saturated rings. The zero-order chi connectivity index (χ0) is 12.1. The summed E-state index contributed by atoms with van der Waals surface area (Å²) in [4.78, 5) is 0. The highest BCUT2D eigenvalue weighted by molar-refractivity contribution is 5.52. The highest BCUT2D eigenvalue weighted by Gasteiger charge is 2.15. The van der Waals surface area contributed by atoms with Crippen molar-refractivity contribution in [2.24, 2.45) is 0 Å². The third-order valence-corrected chi connectivity index (χ3v) is 3.41. The average molecular weight is 234 g/mol. The minimum atomic E-state index is 0.278. The number of nitrogens with one attached hydrogen (secondary N) is 2. The van der Waals surface area contributed by atoms with Crippen molar-refractivity contribution in [2.75, 3.05) is 25.5 Å². The first-order valence-electron chi connectivity index (χ1n) is 6.37. The van der Waals surface area contributed by atoms with E-state index in [4.69, 9.17) is 4.74 Å². The largest absolute Gasteiger partial charge is 0.383 e. The number of rotatable bonds is 4. The van der Waals surface area contributed by atoms with Crippen LogP contribution in [-0.4, -0.2) is 32.3 Å². The van der Waals surface area contributed by atoms with Crippen LogP contribution in [0.15, 0.2) is 24.3 Å². The maximum absolute atomic E-state index is 5.25. The van der Waals surface area contributed by atoms with E-state index in [1.807, 2.05) is 0 Å². The van der Waals surface area contributed by atoms with E-state index < -0.39 is 0 Å². The van der Waals surface area contributed by atoms with Gasteiger partial charge in [0, 0.05) is 31.9 Å². The van der Waals surface area contributed by atoms with Gasteiger partial charge in [-0.05, 0) is 31.4 Å². The standard InChI is InChI=1S/C14H22N2O/c1-11(17-2)9-15-13-8-7-12-5-3-4-6-14(12)16-10-13/h3-6,11,13,15-16H,7-10H2,1-2H3. The van der Waals surface area contributed by atoms with Crippen molar-refractivity contribution in [1.29, 1.82) is 0 Å². The number of aryl methyl sites for hydroxylation is 1. The Labute approximate surface area is 104 Å². The zero-order valence-electron chi connectivity index (χ0n) is 10.7. The van der Waals surface area contributed by atoms with Crippen molar-refractivity contribution in [2.45, 2.75) is 31.9 Å². The van der Waals surface area contributed by atoms with Crippen molar-refractivity contribution in [3.05, 3.63) is 29.8 Å². The Morgan fingerprint density at radius 2 is 2.29 bits per heavy atom. The first-order chi connectivity index (χ1) is 8.29. The number of hydrogen-bond acceptors (Lipinski definition) is 3. The van der Waals surface area contributed by atoms with Gasteiger partial charge in [-0.25, -0.2) is 0 Å². The third-order valence-electron chi connectivity index (χ3n) is 3.41. The molecule has 2 atom stereocenters. The van der Waals surface area contributed by atoms with E-state index in [1.54, 1.807) is 7.11 Å². The van der Waals surface area contributed by atoms with Crippen molar-refractivity contribution < 1.29 is 4.74 Å². The Morgan fingerprint density at radius 3 is 3.12 bits per heavy atom. The van der Waals surface area contributed by atoms with Crippen LogP contribution in [0, 0.1) is 0 Å². The van der Waals surface area contributed by atoms with Crippen LogP contribution in [-0.2, 0) is 11.2 Å². The highest BCUT2D eigenvalue weighted by atomic mass is 16.5. The van der Waals surface area contributed by atoms with Gasteiger partial charge >= 0.3 is 0 Å². The molecule has 0 saturated carbocycles. The van der Waals surface area contributed by atoms with Gasteiger partial charge in [0.1, 0.15) is 0 Å². The Balaban J connectivity index is 1.86. The topological polar surface area (TPSA) is 33.3 Å². The maximum atomic E-state index is 5.25. The lowest BCUT2D eigenvalue weighted by Gasteiger charge is -2.19. The van der Waals surface area contributed by atoms with E-state index in [0.29, 0.717) is 6.04 Å². The molecule has 3 heteroatoms. The molecule has 2 unspecified atom stereocenters. The van der Waals surface area contributed by atoms with E-state index in [9.17, 15) is 0 Å². The van der Waals surface area contributed by atoms with Gasteiger partial charge in [0.2, 0.25) is 0 Å². The van der Waals surface area contributed by atoms with Crippen molar-refractivity contribution >= 4 is 5.69 Å². The molecule has 1 aromatic rings. The van der Waals surface area contributed by atoms with Crippen molar-refractivity contribution in [3.8, 4) is 0 Å². The minimum Gasteiger partial charge on any atom is -0.383 e. The summed E-state index contributed by atoms with van der Waals surface area (Å²) in [5.41, 5.74) is 2.72. The summed E-state index contributed by atoms with van der Waals surface area (Å²) in [6.07, 6.45) is 2.60. The number of ether oxygens (including phenoxy) is 1. The lowest BCUT2D eigenvalue weighted by Crippen LogP contribution is -2.39. The van der Waals surface area contributed by atoms with E-state index >= 15 is 0 Å². The summed E-state index contributed by atoms with van der Waals surface area (Å²) in [5.74, 6) is 0. The molecule has 0 saturated heterocycles. The summed E-state index contributed by atoms with van der Waals surface area (Å²) >= 11 is 0. The number of para-hydroxylation sites is 1. The van der Waals surface area contributed by atoms with Crippen LogP contribution in [0.4, 0.5) is 5.69 Å². The molecule has 1 aliphatic heterocycles. The predicted octanol–water partition coefficient (Wildman–Crippen LogP) is 2.04. The second-order valence-corrected chi connectivity index (χ2v) is 4.73. The van der Waals surface area contributed by atoms with E-state index in [2.05, 4.69) is 41.8 Å². The number of fused-ring (bicyclic) bond motifs is 1. The molecule has 0 amide bonds. The molecule has 1 aliphatic rings. The van der Waals surface area contributed by atoms with Crippen LogP contribution in [0.25, 0.3) is 0 Å². The molecule has 3 nitrogen and oxygen atoms in total. The fourth-order valence-corrected chi connectivity index (χ4v) is 2.17. The second-order valence-electron chi connectivity index (χ2n) is 4.73. The van der Waals surface area contributed by atoms with Crippen LogP contribution in [0.5, 0.6) is 0 Å². The lowest BCUT2D eigenvalue weighted by atomic mass is 10.1. The smallest absolute Gasteiger partial charge is 0.0667 e. The normalized spacial score (nSPS) is 21.2. The molecule has 0 radical (unpaired) electrons. The number of anilines is 1. The van der Waals surface area contributed by atoms with E-state index in [0.717, 1.165) is 19.5 Å². The van der Waals surface area contributed by atoms with Gasteiger partial charge in [-0.1, -0.05) is 18.2 Å². The Morgan fingerprint density at radius 1 is 1.47 bits per heavy atom. The molecule has 0 aliphatic carbocycles. The van der Waals surface area contributed by atoms with Crippen molar-refractivity contribution in [1.82, 2.24) is 5.32 Å². The SMILES string of the molecule is COC(C)CNC1CCc2ccccc2NC1. The van der Waals surface area contributed by atoms with Gasteiger partial charge < -0.3 is 15.4 Å². The van der Waals surface area contributed by atoms with Crippen LogP contribution in [0.2, 0.25) is 0 Å². The molecule has 0 spiro atoms. The van der Waals surface area contributed by atoms with Gasteiger partial charge in [-0.3, -0.25) is 0 Å². The number of hydrogen-bond donors (Lipinski definition) is 2. The summed E-state index contributed by atoms with van der Waals surface area (Å²) in [5, 5.41) is 7.07. The molecule has 94 valence electrons. The first-order valence-corrected chi connectivity index (χ1v) is 6.37. The molecule has 2 N–H and O–H groups in total. The monoisotopic (exact) mass is 234 g/mol. The van der Waals surface area contributed by atoms with E-state index in [-0.39, 0.29) is 6.10 Å². The Kier molecular flexibility index (Phi) is 4.40. The van der Waals surface area contributed by atoms with Gasteiger partial charge in [0.15, 0.2) is 0 Å². The van der Waals surface area contributed by atoms with Crippen LogP contribution in [0.3, 0.4) is 0 Å². The summed E-state index contributed by atoms with van der Waals surface area (Å²) < 4.78 is 5.25. The quantitative estimate of drug-likeness (QED) is 0.836. The van der Waals surface area contributed by atoms with Gasteiger partial charge in [-0.2, -0.15) is 0 Å². The van der Waals surface area contributed by atoms with Gasteiger partial charge in [0.25, 0.3) is 0 Å². The molecule has 1 aromatic carbocycles. The first kappa shape index (κ1) is 12.4. The van der Waals surface area contributed by atoms with Crippen LogP contribution >= 0.6 is 0 Å². The molecule has 1 heterocycles. The fourth-order valence-electron chi connectivity index (χ4n) is 2.17. The predicted molar refractivity (Wildman–Crippen MR) is 71.5 cm³/mol. The molecular weight excluding hydrogens is 212 g/mol.